The predicted molar refractivity (Wildman–Crippen MR) is 87.1 cm³/mol. The van der Waals surface area contributed by atoms with Crippen LogP contribution in [0.1, 0.15) is 45.2 Å². The molecular weight excluding hydrogens is 332 g/mol. The molecule has 6 heteroatoms. The Kier molecular flexibility index (Phi) is 5.00. The predicted octanol–water partition coefficient (Wildman–Crippen LogP) is 3.89. The summed E-state index contributed by atoms with van der Waals surface area (Å²) in [4.78, 5) is 0. The second-order valence-electron chi connectivity index (χ2n) is 6.02. The van der Waals surface area contributed by atoms with Crippen molar-refractivity contribution in [2.24, 2.45) is 0 Å². The molecule has 2 N–H and O–H groups in total. The highest BCUT2D eigenvalue weighted by atomic mass is 79.9. The van der Waals surface area contributed by atoms with Crippen molar-refractivity contribution < 1.29 is 4.42 Å². The molecule has 0 bridgehead atoms. The summed E-state index contributed by atoms with van der Waals surface area (Å²) in [6, 6.07) is 8.68. The van der Waals surface area contributed by atoms with E-state index in [-0.39, 0.29) is 11.6 Å². The highest BCUT2D eigenvalue weighted by molar-refractivity contribution is 9.10. The van der Waals surface area contributed by atoms with Crippen LogP contribution in [0.15, 0.2) is 33.2 Å². The van der Waals surface area contributed by atoms with Gasteiger partial charge in [-0.15, -0.1) is 5.10 Å². The Morgan fingerprint density at radius 2 is 1.86 bits per heavy atom. The van der Waals surface area contributed by atoms with E-state index in [1.54, 1.807) is 0 Å². The second-order valence-corrected chi connectivity index (χ2v) is 6.94. The zero-order chi connectivity index (χ0) is 15.5. The number of anilines is 1. The van der Waals surface area contributed by atoms with Crippen molar-refractivity contribution in [1.82, 2.24) is 15.5 Å². The first-order valence-electron chi connectivity index (χ1n) is 6.93. The van der Waals surface area contributed by atoms with E-state index in [1.807, 2.05) is 12.1 Å². The highest BCUT2D eigenvalue weighted by Gasteiger charge is 2.13. The Balaban J connectivity index is 1.94. The van der Waals surface area contributed by atoms with Gasteiger partial charge in [0.1, 0.15) is 0 Å². The van der Waals surface area contributed by atoms with Crippen LogP contribution < -0.4 is 10.6 Å². The maximum absolute atomic E-state index is 5.59. The van der Waals surface area contributed by atoms with Crippen LogP contribution in [0.4, 0.5) is 6.01 Å². The quantitative estimate of drug-likeness (QED) is 0.854. The zero-order valence-corrected chi connectivity index (χ0v) is 14.4. The molecule has 0 spiro atoms. The lowest BCUT2D eigenvalue weighted by Gasteiger charge is -2.18. The normalized spacial score (nSPS) is 13.2. The summed E-state index contributed by atoms with van der Waals surface area (Å²) in [6.45, 7) is 8.90. The summed E-state index contributed by atoms with van der Waals surface area (Å²) >= 11 is 3.43. The van der Waals surface area contributed by atoms with Gasteiger partial charge in [-0.3, -0.25) is 0 Å². The molecule has 0 saturated heterocycles. The van der Waals surface area contributed by atoms with E-state index in [9.17, 15) is 0 Å². The Morgan fingerprint density at radius 3 is 2.48 bits per heavy atom. The average molecular weight is 353 g/mol. The summed E-state index contributed by atoms with van der Waals surface area (Å²) in [5.74, 6) is 0.579. The van der Waals surface area contributed by atoms with E-state index in [0.717, 1.165) is 10.0 Å². The summed E-state index contributed by atoms with van der Waals surface area (Å²) in [6.07, 6.45) is 0. The van der Waals surface area contributed by atoms with Gasteiger partial charge >= 0.3 is 6.01 Å². The van der Waals surface area contributed by atoms with Gasteiger partial charge < -0.3 is 15.1 Å². The van der Waals surface area contributed by atoms with Gasteiger partial charge in [0.2, 0.25) is 5.89 Å². The van der Waals surface area contributed by atoms with Gasteiger partial charge in [0, 0.05) is 10.0 Å². The van der Waals surface area contributed by atoms with Crippen molar-refractivity contribution in [2.45, 2.75) is 45.8 Å². The molecule has 2 aromatic rings. The fourth-order valence-electron chi connectivity index (χ4n) is 1.74. The molecule has 1 aromatic heterocycles. The third-order valence-corrected chi connectivity index (χ3v) is 3.48. The molecule has 0 fully saturated rings. The minimum atomic E-state index is 0.0206. The van der Waals surface area contributed by atoms with E-state index in [2.05, 4.69) is 76.6 Å². The molecule has 0 radical (unpaired) electrons. The first kappa shape index (κ1) is 16.0. The van der Waals surface area contributed by atoms with Gasteiger partial charge in [-0.1, -0.05) is 33.2 Å². The van der Waals surface area contributed by atoms with Crippen LogP contribution in [0.25, 0.3) is 0 Å². The Morgan fingerprint density at radius 1 is 1.19 bits per heavy atom. The molecule has 114 valence electrons. The van der Waals surface area contributed by atoms with Gasteiger partial charge in [0.15, 0.2) is 0 Å². The highest BCUT2D eigenvalue weighted by Crippen LogP contribution is 2.20. The molecule has 2 rings (SSSR count). The van der Waals surface area contributed by atoms with Crippen LogP contribution in [0.5, 0.6) is 0 Å². The number of halogens is 1. The average Bonchev–Trinajstić information content (AvgIpc) is 2.84. The van der Waals surface area contributed by atoms with Crippen LogP contribution >= 0.6 is 15.9 Å². The van der Waals surface area contributed by atoms with Crippen LogP contribution in [0, 0.1) is 0 Å². The zero-order valence-electron chi connectivity index (χ0n) is 12.8. The van der Waals surface area contributed by atoms with Crippen molar-refractivity contribution in [3.8, 4) is 0 Å². The number of rotatable bonds is 5. The van der Waals surface area contributed by atoms with E-state index in [0.29, 0.717) is 18.5 Å². The van der Waals surface area contributed by atoms with Gasteiger partial charge in [0.25, 0.3) is 0 Å². The number of nitrogens with one attached hydrogen (secondary N) is 2. The van der Waals surface area contributed by atoms with Gasteiger partial charge in [-0.25, -0.2) is 0 Å². The molecule has 21 heavy (non-hydrogen) atoms. The first-order chi connectivity index (χ1) is 9.83. The Bertz CT molecular complexity index is 574. The lowest BCUT2D eigenvalue weighted by atomic mass is 10.1. The van der Waals surface area contributed by atoms with Gasteiger partial charge in [-0.05, 0) is 45.4 Å². The second kappa shape index (κ2) is 6.58. The van der Waals surface area contributed by atoms with Crippen molar-refractivity contribution in [3.63, 3.8) is 0 Å². The lowest BCUT2D eigenvalue weighted by molar-refractivity contribution is 0.383. The van der Waals surface area contributed by atoms with E-state index in [4.69, 9.17) is 4.42 Å². The lowest BCUT2D eigenvalue weighted by Crippen LogP contribution is -2.35. The molecule has 0 amide bonds. The maximum atomic E-state index is 5.59. The van der Waals surface area contributed by atoms with E-state index >= 15 is 0 Å². The molecule has 1 heterocycles. The molecule has 0 aliphatic carbocycles. The minimum absolute atomic E-state index is 0.0206. The molecule has 5 nitrogen and oxygen atoms in total. The standard InChI is InChI=1S/C15H21BrN4O/c1-10(11-5-7-12(16)8-6-11)18-14-20-19-13(21-14)9-17-15(2,3)4/h5-8,10,17H,9H2,1-4H3,(H,18,20). The topological polar surface area (TPSA) is 63.0 Å². The largest absolute Gasteiger partial charge is 0.407 e. The third kappa shape index (κ3) is 5.13. The Labute approximate surface area is 133 Å². The fourth-order valence-corrected chi connectivity index (χ4v) is 2.01. The summed E-state index contributed by atoms with van der Waals surface area (Å²) in [7, 11) is 0. The maximum Gasteiger partial charge on any atom is 0.315 e. The molecule has 0 aliphatic heterocycles. The van der Waals surface area contributed by atoms with Crippen molar-refractivity contribution in [2.75, 3.05) is 5.32 Å². The van der Waals surface area contributed by atoms with E-state index in [1.165, 1.54) is 0 Å². The van der Waals surface area contributed by atoms with E-state index < -0.39 is 0 Å². The minimum Gasteiger partial charge on any atom is -0.407 e. The SMILES string of the molecule is CC(Nc1nnc(CNC(C)(C)C)o1)c1ccc(Br)cc1. The molecule has 1 unspecified atom stereocenters. The van der Waals surface area contributed by atoms with Crippen molar-refractivity contribution >= 4 is 21.9 Å². The number of aromatic nitrogens is 2. The third-order valence-electron chi connectivity index (χ3n) is 2.95. The van der Waals surface area contributed by atoms with Crippen LogP contribution in [-0.2, 0) is 6.54 Å². The van der Waals surface area contributed by atoms with Crippen LogP contribution in [-0.4, -0.2) is 15.7 Å². The number of hydrogen-bond donors (Lipinski definition) is 2. The van der Waals surface area contributed by atoms with Crippen LogP contribution in [0.2, 0.25) is 0 Å². The van der Waals surface area contributed by atoms with Crippen molar-refractivity contribution in [1.29, 1.82) is 0 Å². The number of nitrogens with zero attached hydrogens (tertiary/aromatic N) is 2. The molecular formula is C15H21BrN4O. The monoisotopic (exact) mass is 352 g/mol. The van der Waals surface area contributed by atoms with Crippen LogP contribution in [0.3, 0.4) is 0 Å². The summed E-state index contributed by atoms with van der Waals surface area (Å²) in [5, 5.41) is 14.6. The first-order valence-corrected chi connectivity index (χ1v) is 7.72. The molecule has 0 saturated carbocycles. The smallest absolute Gasteiger partial charge is 0.315 e. The molecule has 1 atom stereocenters. The van der Waals surface area contributed by atoms with Gasteiger partial charge in [0.05, 0.1) is 12.6 Å². The molecule has 0 aliphatic rings. The Hall–Kier alpha value is -1.40. The molecule has 1 aromatic carbocycles. The van der Waals surface area contributed by atoms with Gasteiger partial charge in [-0.2, -0.15) is 0 Å². The number of benzene rings is 1. The summed E-state index contributed by atoms with van der Waals surface area (Å²) < 4.78 is 6.65. The summed E-state index contributed by atoms with van der Waals surface area (Å²) in [5.41, 5.74) is 1.18. The fraction of sp³-hybridized carbons (Fsp3) is 0.467. The van der Waals surface area contributed by atoms with Crippen molar-refractivity contribution in [3.05, 3.63) is 40.2 Å². The number of hydrogen-bond acceptors (Lipinski definition) is 5.